The van der Waals surface area contributed by atoms with Crippen molar-refractivity contribution >= 4 is 17.6 Å². The summed E-state index contributed by atoms with van der Waals surface area (Å²) in [7, 11) is 1.19. The van der Waals surface area contributed by atoms with Crippen molar-refractivity contribution in [1.29, 1.82) is 0 Å². The van der Waals surface area contributed by atoms with Gasteiger partial charge in [-0.2, -0.15) is 0 Å². The van der Waals surface area contributed by atoms with Crippen molar-refractivity contribution in [3.05, 3.63) is 28.0 Å². The molecule has 0 fully saturated rings. The molecule has 3 nitrogen and oxygen atoms in total. The van der Waals surface area contributed by atoms with Crippen LogP contribution in [0.5, 0.6) is 0 Å². The van der Waals surface area contributed by atoms with Crippen LogP contribution in [0.4, 0.5) is 8.78 Å². The van der Waals surface area contributed by atoms with Gasteiger partial charge in [0.1, 0.15) is 0 Å². The molecule has 0 aromatic carbocycles. The summed E-state index contributed by atoms with van der Waals surface area (Å²) in [5, 5.41) is 0.0475. The van der Waals surface area contributed by atoms with Crippen LogP contribution in [0.1, 0.15) is 23.2 Å². The molecule has 0 atom stereocenters. The van der Waals surface area contributed by atoms with Crippen molar-refractivity contribution in [1.82, 2.24) is 4.98 Å². The van der Waals surface area contributed by atoms with E-state index in [-0.39, 0.29) is 28.3 Å². The smallest absolute Gasteiger partial charge is 0.310 e. The molecule has 16 heavy (non-hydrogen) atoms. The number of nitrogens with zero attached hydrogens (tertiary/aromatic N) is 1. The standard InChI is InChI=1S/C10H10ClF2NO2/c1-5-9(10(12)13)6(3-8(15)16-2)7(11)4-14-5/h4,10H,3H2,1-2H3. The van der Waals surface area contributed by atoms with Crippen LogP contribution >= 0.6 is 11.6 Å². The van der Waals surface area contributed by atoms with Gasteiger partial charge in [-0.05, 0) is 12.5 Å². The fourth-order valence-electron chi connectivity index (χ4n) is 1.33. The van der Waals surface area contributed by atoms with E-state index in [4.69, 9.17) is 11.6 Å². The van der Waals surface area contributed by atoms with E-state index in [1.807, 2.05) is 0 Å². The number of hydrogen-bond donors (Lipinski definition) is 0. The SMILES string of the molecule is COC(=O)Cc1c(Cl)cnc(C)c1C(F)F. The first-order valence-corrected chi connectivity index (χ1v) is 4.84. The molecule has 88 valence electrons. The average Bonchev–Trinajstić information content (AvgIpc) is 2.22. The van der Waals surface area contributed by atoms with Gasteiger partial charge in [0.25, 0.3) is 6.43 Å². The summed E-state index contributed by atoms with van der Waals surface area (Å²) in [6.07, 6.45) is -1.75. The van der Waals surface area contributed by atoms with Crippen LogP contribution in [-0.4, -0.2) is 18.1 Å². The Morgan fingerprint density at radius 1 is 1.62 bits per heavy atom. The predicted molar refractivity (Wildman–Crippen MR) is 54.7 cm³/mol. The molecule has 1 heterocycles. The van der Waals surface area contributed by atoms with Gasteiger partial charge in [-0.3, -0.25) is 9.78 Å². The molecule has 0 amide bonds. The van der Waals surface area contributed by atoms with E-state index >= 15 is 0 Å². The van der Waals surface area contributed by atoms with E-state index < -0.39 is 12.4 Å². The summed E-state index contributed by atoms with van der Waals surface area (Å²) in [6.45, 7) is 1.44. The lowest BCUT2D eigenvalue weighted by atomic mass is 10.0. The predicted octanol–water partition coefficient (Wildman–Crippen LogP) is 2.70. The third kappa shape index (κ3) is 2.66. The molecule has 0 radical (unpaired) electrons. The Bertz CT molecular complexity index is 410. The lowest BCUT2D eigenvalue weighted by Gasteiger charge is -2.11. The molecule has 0 unspecified atom stereocenters. The number of halogens is 3. The number of pyridine rings is 1. The van der Waals surface area contributed by atoms with Crippen molar-refractivity contribution in [3.63, 3.8) is 0 Å². The highest BCUT2D eigenvalue weighted by molar-refractivity contribution is 6.31. The second-order valence-corrected chi connectivity index (χ2v) is 3.54. The maximum absolute atomic E-state index is 12.8. The van der Waals surface area contributed by atoms with Gasteiger partial charge in [0.2, 0.25) is 0 Å². The van der Waals surface area contributed by atoms with Gasteiger partial charge < -0.3 is 4.74 Å². The van der Waals surface area contributed by atoms with Crippen molar-refractivity contribution in [2.45, 2.75) is 19.8 Å². The lowest BCUT2D eigenvalue weighted by Crippen LogP contribution is -2.10. The van der Waals surface area contributed by atoms with Gasteiger partial charge in [-0.25, -0.2) is 8.78 Å². The Balaban J connectivity index is 3.23. The van der Waals surface area contributed by atoms with E-state index in [0.717, 1.165) is 0 Å². The fraction of sp³-hybridized carbons (Fsp3) is 0.400. The lowest BCUT2D eigenvalue weighted by molar-refractivity contribution is -0.139. The van der Waals surface area contributed by atoms with Crippen LogP contribution < -0.4 is 0 Å². The molecule has 0 saturated carbocycles. The van der Waals surface area contributed by atoms with Crippen molar-refractivity contribution < 1.29 is 18.3 Å². The van der Waals surface area contributed by atoms with E-state index in [0.29, 0.717) is 0 Å². The minimum Gasteiger partial charge on any atom is -0.469 e. The van der Waals surface area contributed by atoms with Gasteiger partial charge in [0, 0.05) is 17.5 Å². The van der Waals surface area contributed by atoms with Crippen molar-refractivity contribution in [3.8, 4) is 0 Å². The monoisotopic (exact) mass is 249 g/mol. The number of carbonyl (C=O) groups is 1. The quantitative estimate of drug-likeness (QED) is 0.773. The zero-order chi connectivity index (χ0) is 12.3. The minimum atomic E-state index is -2.72. The van der Waals surface area contributed by atoms with E-state index in [2.05, 4.69) is 9.72 Å². The molecule has 6 heteroatoms. The van der Waals surface area contributed by atoms with Gasteiger partial charge in [0.15, 0.2) is 0 Å². The number of aryl methyl sites for hydroxylation is 1. The number of hydrogen-bond acceptors (Lipinski definition) is 3. The number of aromatic nitrogens is 1. The molecule has 1 rings (SSSR count). The summed E-state index contributed by atoms with van der Waals surface area (Å²) in [5.41, 5.74) is -0.0489. The molecular weight excluding hydrogens is 240 g/mol. The van der Waals surface area contributed by atoms with Crippen LogP contribution in [0.3, 0.4) is 0 Å². The number of carbonyl (C=O) groups excluding carboxylic acids is 1. The third-order valence-corrected chi connectivity index (χ3v) is 2.47. The molecule has 0 spiro atoms. The van der Waals surface area contributed by atoms with Crippen molar-refractivity contribution in [2.24, 2.45) is 0 Å². The van der Waals surface area contributed by atoms with Crippen LogP contribution in [0.25, 0.3) is 0 Å². The Labute approximate surface area is 96.4 Å². The minimum absolute atomic E-state index is 0.0475. The molecule has 0 aliphatic carbocycles. The Kier molecular flexibility index (Phi) is 4.18. The molecule has 0 aliphatic heterocycles. The highest BCUT2D eigenvalue weighted by atomic mass is 35.5. The van der Waals surface area contributed by atoms with E-state index in [9.17, 15) is 13.6 Å². The number of rotatable bonds is 3. The summed E-state index contributed by atoms with van der Waals surface area (Å²) >= 11 is 5.74. The van der Waals surface area contributed by atoms with Gasteiger partial charge in [-0.1, -0.05) is 11.6 Å². The topological polar surface area (TPSA) is 39.2 Å². The first kappa shape index (κ1) is 12.8. The van der Waals surface area contributed by atoms with Crippen LogP contribution in [-0.2, 0) is 16.0 Å². The molecule has 1 aromatic rings. The molecule has 0 aliphatic rings. The Morgan fingerprint density at radius 3 is 2.75 bits per heavy atom. The largest absolute Gasteiger partial charge is 0.469 e. The normalized spacial score (nSPS) is 10.6. The van der Waals surface area contributed by atoms with Crippen LogP contribution in [0.2, 0.25) is 5.02 Å². The Hall–Kier alpha value is -1.23. The molecular formula is C10H10ClF2NO2. The van der Waals surface area contributed by atoms with E-state index in [1.54, 1.807) is 0 Å². The fourth-order valence-corrected chi connectivity index (χ4v) is 1.55. The number of esters is 1. The summed E-state index contributed by atoms with van der Waals surface area (Å²) < 4.78 is 30.0. The zero-order valence-corrected chi connectivity index (χ0v) is 9.52. The highest BCUT2D eigenvalue weighted by Gasteiger charge is 2.21. The average molecular weight is 250 g/mol. The van der Waals surface area contributed by atoms with Crippen LogP contribution in [0, 0.1) is 6.92 Å². The number of alkyl halides is 2. The van der Waals surface area contributed by atoms with Gasteiger partial charge in [-0.15, -0.1) is 0 Å². The number of ether oxygens (including phenoxy) is 1. The maximum atomic E-state index is 12.8. The Morgan fingerprint density at radius 2 is 2.25 bits per heavy atom. The first-order chi connectivity index (χ1) is 7.47. The molecule has 1 aromatic heterocycles. The van der Waals surface area contributed by atoms with Crippen molar-refractivity contribution in [2.75, 3.05) is 7.11 Å². The van der Waals surface area contributed by atoms with E-state index in [1.165, 1.54) is 20.2 Å². The molecule has 0 saturated heterocycles. The second-order valence-electron chi connectivity index (χ2n) is 3.14. The summed E-state index contributed by atoms with van der Waals surface area (Å²) in [5.74, 6) is -0.616. The third-order valence-electron chi connectivity index (χ3n) is 2.14. The summed E-state index contributed by atoms with van der Waals surface area (Å²) in [4.78, 5) is 14.8. The molecule has 0 N–H and O–H groups in total. The van der Waals surface area contributed by atoms with Gasteiger partial charge in [0.05, 0.1) is 18.6 Å². The zero-order valence-electron chi connectivity index (χ0n) is 8.76. The van der Waals surface area contributed by atoms with Gasteiger partial charge >= 0.3 is 5.97 Å². The summed E-state index contributed by atoms with van der Waals surface area (Å²) in [6, 6.07) is 0. The first-order valence-electron chi connectivity index (χ1n) is 4.46. The van der Waals surface area contributed by atoms with Crippen LogP contribution in [0.15, 0.2) is 6.20 Å². The highest BCUT2D eigenvalue weighted by Crippen LogP contribution is 2.30. The molecule has 0 bridgehead atoms. The second kappa shape index (κ2) is 5.21. The maximum Gasteiger partial charge on any atom is 0.310 e. The number of methoxy groups -OCH3 is 1.